The number of hydrogen-bond acceptors (Lipinski definition) is 3. The van der Waals surface area contributed by atoms with E-state index in [-0.39, 0.29) is 11.5 Å². The molecule has 0 bridgehead atoms. The van der Waals surface area contributed by atoms with Gasteiger partial charge in [-0.05, 0) is 38.0 Å². The Hall–Kier alpha value is -0.870. The molecule has 4 heteroatoms. The lowest BCUT2D eigenvalue weighted by molar-refractivity contribution is -0.120. The van der Waals surface area contributed by atoms with Crippen LogP contribution in [0.2, 0.25) is 0 Å². The largest absolute Gasteiger partial charge is 0.373 e. The Balaban J connectivity index is 1.48. The maximum atomic E-state index is 11.4. The third kappa shape index (κ3) is 3.41. The molecule has 2 saturated heterocycles. The molecule has 0 aromatic heterocycles. The summed E-state index contributed by atoms with van der Waals surface area (Å²) in [5.74, 6) is 0.974. The lowest BCUT2D eigenvalue weighted by Crippen LogP contribution is -2.51. The SMILES string of the molecule is O=C1CCOC2(CCN(CC3CC=CCC3)CC2)CN1. The van der Waals surface area contributed by atoms with E-state index in [0.29, 0.717) is 19.6 Å². The maximum absolute atomic E-state index is 11.4. The minimum atomic E-state index is -0.0882. The molecule has 1 N–H and O–H groups in total. The number of ether oxygens (including phenoxy) is 1. The van der Waals surface area contributed by atoms with Gasteiger partial charge < -0.3 is 15.0 Å². The van der Waals surface area contributed by atoms with Crippen molar-refractivity contribution in [2.45, 2.75) is 44.1 Å². The second kappa shape index (κ2) is 6.27. The van der Waals surface area contributed by atoms with E-state index in [9.17, 15) is 4.79 Å². The topological polar surface area (TPSA) is 41.6 Å². The third-order valence-electron chi connectivity index (χ3n) is 5.01. The molecule has 1 atom stereocenters. The summed E-state index contributed by atoms with van der Waals surface area (Å²) < 4.78 is 6.02. The van der Waals surface area contributed by atoms with Crippen molar-refractivity contribution in [2.75, 3.05) is 32.8 Å². The average molecular weight is 278 g/mol. The number of hydrogen-bond donors (Lipinski definition) is 1. The molecule has 1 aliphatic carbocycles. The van der Waals surface area contributed by atoms with Crippen LogP contribution in [-0.4, -0.2) is 49.2 Å². The van der Waals surface area contributed by atoms with Crippen molar-refractivity contribution < 1.29 is 9.53 Å². The summed E-state index contributed by atoms with van der Waals surface area (Å²) in [7, 11) is 0. The lowest BCUT2D eigenvalue weighted by Gasteiger charge is -2.41. The summed E-state index contributed by atoms with van der Waals surface area (Å²) in [4.78, 5) is 14.0. The highest BCUT2D eigenvalue weighted by Gasteiger charge is 2.37. The zero-order valence-electron chi connectivity index (χ0n) is 12.3. The van der Waals surface area contributed by atoms with E-state index in [2.05, 4.69) is 22.4 Å². The predicted molar refractivity (Wildman–Crippen MR) is 78.5 cm³/mol. The quantitative estimate of drug-likeness (QED) is 0.782. The highest BCUT2D eigenvalue weighted by molar-refractivity contribution is 5.76. The molecule has 0 saturated carbocycles. The van der Waals surface area contributed by atoms with Crippen molar-refractivity contribution in [1.82, 2.24) is 10.2 Å². The Morgan fingerprint density at radius 3 is 2.95 bits per heavy atom. The van der Waals surface area contributed by atoms with Gasteiger partial charge >= 0.3 is 0 Å². The van der Waals surface area contributed by atoms with Crippen LogP contribution < -0.4 is 5.32 Å². The van der Waals surface area contributed by atoms with Gasteiger partial charge in [0.05, 0.1) is 12.2 Å². The number of allylic oxidation sites excluding steroid dienone is 2. The Labute approximate surface area is 121 Å². The number of nitrogens with one attached hydrogen (secondary N) is 1. The van der Waals surface area contributed by atoms with Gasteiger partial charge in [-0.15, -0.1) is 0 Å². The van der Waals surface area contributed by atoms with Gasteiger partial charge in [0.25, 0.3) is 0 Å². The van der Waals surface area contributed by atoms with Crippen LogP contribution in [0.4, 0.5) is 0 Å². The molecule has 0 aromatic rings. The van der Waals surface area contributed by atoms with Crippen LogP contribution in [0.3, 0.4) is 0 Å². The van der Waals surface area contributed by atoms with Gasteiger partial charge in [-0.3, -0.25) is 4.79 Å². The Morgan fingerprint density at radius 2 is 2.20 bits per heavy atom. The summed E-state index contributed by atoms with van der Waals surface area (Å²) in [6.07, 6.45) is 11.1. The number of amides is 1. The number of nitrogens with zero attached hydrogens (tertiary/aromatic N) is 1. The fraction of sp³-hybridized carbons (Fsp3) is 0.812. The molecule has 2 heterocycles. The normalized spacial score (nSPS) is 31.0. The molecule has 1 amide bonds. The standard InChI is InChI=1S/C16H26N2O2/c19-15-6-11-20-16(13-17-15)7-9-18(10-8-16)12-14-4-2-1-3-5-14/h1-2,14H,3-13H2,(H,17,19). The van der Waals surface area contributed by atoms with Gasteiger partial charge in [0.15, 0.2) is 0 Å². The molecule has 112 valence electrons. The molecule has 0 aromatic carbocycles. The van der Waals surface area contributed by atoms with Crippen molar-refractivity contribution in [1.29, 1.82) is 0 Å². The molecule has 0 radical (unpaired) electrons. The summed E-state index contributed by atoms with van der Waals surface area (Å²) in [5, 5.41) is 3.01. The van der Waals surface area contributed by atoms with Gasteiger partial charge in [0.2, 0.25) is 5.91 Å². The lowest BCUT2D eigenvalue weighted by atomic mass is 9.89. The first kappa shape index (κ1) is 14.1. The van der Waals surface area contributed by atoms with E-state index in [4.69, 9.17) is 4.74 Å². The summed E-state index contributed by atoms with van der Waals surface area (Å²) in [6, 6.07) is 0. The summed E-state index contributed by atoms with van der Waals surface area (Å²) in [6.45, 7) is 4.73. The number of carbonyl (C=O) groups is 1. The second-order valence-corrected chi connectivity index (χ2v) is 6.51. The highest BCUT2D eigenvalue weighted by atomic mass is 16.5. The van der Waals surface area contributed by atoms with E-state index in [1.54, 1.807) is 0 Å². The van der Waals surface area contributed by atoms with Crippen LogP contribution in [0.25, 0.3) is 0 Å². The fourth-order valence-electron chi connectivity index (χ4n) is 3.61. The van der Waals surface area contributed by atoms with E-state index in [1.165, 1.54) is 25.8 Å². The first-order valence-electron chi connectivity index (χ1n) is 8.04. The average Bonchev–Trinajstić information content (AvgIpc) is 2.66. The van der Waals surface area contributed by atoms with E-state index in [1.807, 2.05) is 0 Å². The van der Waals surface area contributed by atoms with Crippen LogP contribution >= 0.6 is 0 Å². The van der Waals surface area contributed by atoms with E-state index < -0.39 is 0 Å². The summed E-state index contributed by atoms with van der Waals surface area (Å²) in [5.41, 5.74) is -0.0882. The maximum Gasteiger partial charge on any atom is 0.222 e. The first-order chi connectivity index (χ1) is 9.76. The van der Waals surface area contributed by atoms with Crippen molar-refractivity contribution in [2.24, 2.45) is 5.92 Å². The highest BCUT2D eigenvalue weighted by Crippen LogP contribution is 2.29. The van der Waals surface area contributed by atoms with Crippen LogP contribution in [0.15, 0.2) is 12.2 Å². The van der Waals surface area contributed by atoms with Gasteiger partial charge in [0, 0.05) is 32.6 Å². The van der Waals surface area contributed by atoms with Crippen molar-refractivity contribution >= 4 is 5.91 Å². The van der Waals surface area contributed by atoms with E-state index in [0.717, 1.165) is 31.8 Å². The number of piperidine rings is 1. The fourth-order valence-corrected chi connectivity index (χ4v) is 3.61. The van der Waals surface area contributed by atoms with Crippen molar-refractivity contribution in [3.8, 4) is 0 Å². The van der Waals surface area contributed by atoms with Gasteiger partial charge in [-0.2, -0.15) is 0 Å². The molecular formula is C16H26N2O2. The molecule has 20 heavy (non-hydrogen) atoms. The molecule has 3 aliphatic rings. The minimum absolute atomic E-state index is 0.0882. The van der Waals surface area contributed by atoms with Crippen LogP contribution in [0, 0.1) is 5.92 Å². The minimum Gasteiger partial charge on any atom is -0.373 e. The molecule has 1 spiro atoms. The predicted octanol–water partition coefficient (Wildman–Crippen LogP) is 1.71. The van der Waals surface area contributed by atoms with Gasteiger partial charge in [0.1, 0.15) is 0 Å². The van der Waals surface area contributed by atoms with Crippen molar-refractivity contribution in [3.63, 3.8) is 0 Å². The third-order valence-corrected chi connectivity index (χ3v) is 5.01. The van der Waals surface area contributed by atoms with E-state index >= 15 is 0 Å². The van der Waals surface area contributed by atoms with Gasteiger partial charge in [-0.1, -0.05) is 12.2 Å². The zero-order chi connectivity index (χ0) is 13.8. The molecule has 3 rings (SSSR count). The molecule has 1 unspecified atom stereocenters. The molecule has 2 aliphatic heterocycles. The van der Waals surface area contributed by atoms with Gasteiger partial charge in [-0.25, -0.2) is 0 Å². The summed E-state index contributed by atoms with van der Waals surface area (Å²) >= 11 is 0. The zero-order valence-corrected chi connectivity index (χ0v) is 12.3. The smallest absolute Gasteiger partial charge is 0.222 e. The van der Waals surface area contributed by atoms with Crippen LogP contribution in [0.5, 0.6) is 0 Å². The molecular weight excluding hydrogens is 252 g/mol. The molecule has 2 fully saturated rings. The number of carbonyl (C=O) groups excluding carboxylic acids is 1. The molecule has 4 nitrogen and oxygen atoms in total. The first-order valence-corrected chi connectivity index (χ1v) is 8.04. The monoisotopic (exact) mass is 278 g/mol. The Morgan fingerprint density at radius 1 is 1.35 bits per heavy atom. The van der Waals surface area contributed by atoms with Crippen molar-refractivity contribution in [3.05, 3.63) is 12.2 Å². The number of likely N-dealkylation sites (tertiary alicyclic amines) is 1. The van der Waals surface area contributed by atoms with Crippen LogP contribution in [-0.2, 0) is 9.53 Å². The Kier molecular flexibility index (Phi) is 4.41. The van der Waals surface area contributed by atoms with Crippen LogP contribution in [0.1, 0.15) is 38.5 Å². The second-order valence-electron chi connectivity index (χ2n) is 6.51. The number of rotatable bonds is 2. The Bertz CT molecular complexity index is 373.